The number of sulfonamides is 1. The van der Waals surface area contributed by atoms with E-state index in [9.17, 15) is 8.42 Å². The first kappa shape index (κ1) is 15.5. The number of hydrogen-bond acceptors (Lipinski definition) is 4. The van der Waals surface area contributed by atoms with Crippen LogP contribution in [0.25, 0.3) is 0 Å². The van der Waals surface area contributed by atoms with E-state index >= 15 is 0 Å². The highest BCUT2D eigenvalue weighted by Crippen LogP contribution is 2.24. The van der Waals surface area contributed by atoms with E-state index in [0.717, 1.165) is 18.5 Å². The lowest BCUT2D eigenvalue weighted by Crippen LogP contribution is -2.43. The summed E-state index contributed by atoms with van der Waals surface area (Å²) < 4.78 is 25.6. The number of rotatable bonds is 5. The van der Waals surface area contributed by atoms with Crippen LogP contribution in [0.5, 0.6) is 0 Å². The molecule has 1 aromatic rings. The van der Waals surface area contributed by atoms with Crippen LogP contribution >= 0.6 is 11.6 Å². The zero-order chi connectivity index (χ0) is 14.6. The molecule has 112 valence electrons. The summed E-state index contributed by atoms with van der Waals surface area (Å²) in [7, 11) is -3.07. The predicted molar refractivity (Wildman–Crippen MR) is 81.5 cm³/mol. The van der Waals surface area contributed by atoms with E-state index < -0.39 is 10.0 Å². The van der Waals surface area contributed by atoms with Gasteiger partial charge in [-0.25, -0.2) is 12.7 Å². The summed E-state index contributed by atoms with van der Waals surface area (Å²) in [5.41, 5.74) is 0.858. The number of nitrogens with one attached hydrogen (secondary N) is 1. The summed E-state index contributed by atoms with van der Waals surface area (Å²) in [6, 6.07) is 2.09. The summed E-state index contributed by atoms with van der Waals surface area (Å²) in [5, 5.41) is 3.95. The van der Waals surface area contributed by atoms with Crippen molar-refractivity contribution in [1.29, 1.82) is 0 Å². The summed E-state index contributed by atoms with van der Waals surface area (Å²) in [6.45, 7) is 3.03. The summed E-state index contributed by atoms with van der Waals surface area (Å²) in [4.78, 5) is 3.94. The van der Waals surface area contributed by atoms with Crippen LogP contribution in [-0.4, -0.2) is 42.6 Å². The van der Waals surface area contributed by atoms with Crippen molar-refractivity contribution in [2.24, 2.45) is 0 Å². The number of halogens is 1. The Hall–Kier alpha value is -0.850. The van der Waals surface area contributed by atoms with Crippen molar-refractivity contribution in [3.05, 3.63) is 23.5 Å². The molecule has 7 heteroatoms. The quantitative estimate of drug-likeness (QED) is 0.905. The van der Waals surface area contributed by atoms with Crippen LogP contribution in [0.15, 0.2) is 18.5 Å². The number of pyridine rings is 1. The standard InChI is InChI=1S/C13H20ClN3O2S/c1-2-9-20(18,19)17-7-4-11(5-8-17)16-13-3-6-15-10-12(13)14/h3,6,10-11H,2,4-5,7-9H2,1H3,(H,15,16). The van der Waals surface area contributed by atoms with E-state index in [4.69, 9.17) is 11.6 Å². The Bertz CT molecular complexity index is 542. The SMILES string of the molecule is CCCS(=O)(=O)N1CCC(Nc2ccncc2Cl)CC1. The number of piperidine rings is 1. The second kappa shape index (κ2) is 6.74. The summed E-state index contributed by atoms with van der Waals surface area (Å²) >= 11 is 6.05. The lowest BCUT2D eigenvalue weighted by molar-refractivity contribution is 0.329. The largest absolute Gasteiger partial charge is 0.381 e. The van der Waals surface area contributed by atoms with E-state index in [1.54, 1.807) is 16.7 Å². The Kier molecular flexibility index (Phi) is 5.23. The summed E-state index contributed by atoms with van der Waals surface area (Å²) in [6.07, 6.45) is 5.54. The molecule has 2 rings (SSSR count). The molecule has 1 N–H and O–H groups in total. The zero-order valence-corrected chi connectivity index (χ0v) is 13.1. The number of anilines is 1. The molecule has 1 aromatic heterocycles. The Morgan fingerprint density at radius 3 is 2.75 bits per heavy atom. The van der Waals surface area contributed by atoms with Gasteiger partial charge >= 0.3 is 0 Å². The minimum absolute atomic E-state index is 0.237. The van der Waals surface area contributed by atoms with Crippen LogP contribution in [0.4, 0.5) is 5.69 Å². The highest BCUT2D eigenvalue weighted by molar-refractivity contribution is 7.89. The van der Waals surface area contributed by atoms with Crippen molar-refractivity contribution in [2.45, 2.75) is 32.2 Å². The first-order chi connectivity index (χ1) is 9.53. The minimum atomic E-state index is -3.07. The van der Waals surface area contributed by atoms with Crippen molar-refractivity contribution >= 4 is 27.3 Å². The molecule has 0 amide bonds. The van der Waals surface area contributed by atoms with Crippen LogP contribution in [0.1, 0.15) is 26.2 Å². The Labute approximate surface area is 125 Å². The highest BCUT2D eigenvalue weighted by Gasteiger charge is 2.27. The van der Waals surface area contributed by atoms with Crippen molar-refractivity contribution in [3.63, 3.8) is 0 Å². The van der Waals surface area contributed by atoms with Gasteiger partial charge < -0.3 is 5.32 Å². The van der Waals surface area contributed by atoms with Crippen molar-refractivity contribution in [3.8, 4) is 0 Å². The van der Waals surface area contributed by atoms with Gasteiger partial charge in [0.05, 0.1) is 16.5 Å². The molecule has 1 saturated heterocycles. The molecule has 1 aliphatic heterocycles. The molecule has 0 radical (unpaired) electrons. The van der Waals surface area contributed by atoms with E-state index in [1.165, 1.54) is 0 Å². The van der Waals surface area contributed by atoms with Gasteiger partial charge in [0.2, 0.25) is 10.0 Å². The first-order valence-corrected chi connectivity index (χ1v) is 8.85. The van der Waals surface area contributed by atoms with E-state index in [0.29, 0.717) is 24.5 Å². The number of nitrogens with zero attached hydrogens (tertiary/aromatic N) is 2. The maximum atomic E-state index is 12.0. The molecule has 1 fully saturated rings. The molecule has 0 atom stereocenters. The van der Waals surface area contributed by atoms with Crippen LogP contribution in [-0.2, 0) is 10.0 Å². The fourth-order valence-electron chi connectivity index (χ4n) is 2.38. The van der Waals surface area contributed by atoms with Gasteiger partial charge in [0.25, 0.3) is 0 Å². The van der Waals surface area contributed by atoms with Gasteiger partial charge in [-0.05, 0) is 25.3 Å². The molecule has 0 aliphatic carbocycles. The molecule has 20 heavy (non-hydrogen) atoms. The van der Waals surface area contributed by atoms with E-state index in [2.05, 4.69) is 10.3 Å². The topological polar surface area (TPSA) is 62.3 Å². The van der Waals surface area contributed by atoms with Crippen LogP contribution in [0.3, 0.4) is 0 Å². The van der Waals surface area contributed by atoms with Gasteiger partial charge in [-0.1, -0.05) is 18.5 Å². The first-order valence-electron chi connectivity index (χ1n) is 6.87. The molecule has 1 aliphatic rings. The third-order valence-electron chi connectivity index (χ3n) is 3.44. The van der Waals surface area contributed by atoms with Crippen molar-refractivity contribution in [1.82, 2.24) is 9.29 Å². The molecule has 0 aromatic carbocycles. The van der Waals surface area contributed by atoms with Crippen LogP contribution < -0.4 is 5.32 Å². The zero-order valence-electron chi connectivity index (χ0n) is 11.5. The van der Waals surface area contributed by atoms with Gasteiger partial charge in [-0.3, -0.25) is 4.98 Å². The normalized spacial score (nSPS) is 18.1. The maximum Gasteiger partial charge on any atom is 0.214 e. The molecular weight excluding hydrogens is 298 g/mol. The predicted octanol–water partition coefficient (Wildman–Crippen LogP) is 2.35. The monoisotopic (exact) mass is 317 g/mol. The third-order valence-corrected chi connectivity index (χ3v) is 5.82. The van der Waals surface area contributed by atoms with Crippen LogP contribution in [0, 0.1) is 0 Å². The van der Waals surface area contributed by atoms with E-state index in [-0.39, 0.29) is 11.8 Å². The van der Waals surface area contributed by atoms with Crippen molar-refractivity contribution < 1.29 is 8.42 Å². The molecule has 0 saturated carbocycles. The Morgan fingerprint density at radius 2 is 2.15 bits per heavy atom. The van der Waals surface area contributed by atoms with Gasteiger partial charge in [0.15, 0.2) is 0 Å². The fraction of sp³-hybridized carbons (Fsp3) is 0.615. The van der Waals surface area contributed by atoms with Gasteiger partial charge in [-0.15, -0.1) is 0 Å². The number of aromatic nitrogens is 1. The van der Waals surface area contributed by atoms with E-state index in [1.807, 2.05) is 13.0 Å². The Balaban J connectivity index is 1.91. The van der Waals surface area contributed by atoms with Gasteiger partial charge in [0, 0.05) is 31.5 Å². The smallest absolute Gasteiger partial charge is 0.214 e. The second-order valence-electron chi connectivity index (χ2n) is 4.99. The van der Waals surface area contributed by atoms with Crippen LogP contribution in [0.2, 0.25) is 5.02 Å². The van der Waals surface area contributed by atoms with Crippen molar-refractivity contribution in [2.75, 3.05) is 24.2 Å². The molecule has 5 nitrogen and oxygen atoms in total. The number of hydrogen-bond donors (Lipinski definition) is 1. The van der Waals surface area contributed by atoms with Gasteiger partial charge in [0.1, 0.15) is 0 Å². The molecule has 2 heterocycles. The fourth-order valence-corrected chi connectivity index (χ4v) is 4.09. The molecular formula is C13H20ClN3O2S. The minimum Gasteiger partial charge on any atom is -0.381 e. The highest BCUT2D eigenvalue weighted by atomic mass is 35.5. The lowest BCUT2D eigenvalue weighted by Gasteiger charge is -2.32. The van der Waals surface area contributed by atoms with Gasteiger partial charge in [-0.2, -0.15) is 0 Å². The molecule has 0 bridgehead atoms. The molecule has 0 unspecified atom stereocenters. The second-order valence-corrected chi connectivity index (χ2v) is 7.48. The molecule has 0 spiro atoms. The average molecular weight is 318 g/mol. The summed E-state index contributed by atoms with van der Waals surface area (Å²) in [5.74, 6) is 0.237. The lowest BCUT2D eigenvalue weighted by atomic mass is 10.1. The average Bonchev–Trinajstić information content (AvgIpc) is 2.42. The Morgan fingerprint density at radius 1 is 1.45 bits per heavy atom. The maximum absolute atomic E-state index is 12.0. The third kappa shape index (κ3) is 3.84.